The van der Waals surface area contributed by atoms with Crippen LogP contribution in [-0.4, -0.2) is 48.5 Å². The highest BCUT2D eigenvalue weighted by atomic mass is 79.9. The number of nitrogens with zero attached hydrogens (tertiary/aromatic N) is 2. The summed E-state index contributed by atoms with van der Waals surface area (Å²) in [6.07, 6.45) is 4.69. The van der Waals surface area contributed by atoms with Gasteiger partial charge >= 0.3 is 0 Å². The van der Waals surface area contributed by atoms with Crippen LogP contribution in [0.1, 0.15) is 85.1 Å². The van der Waals surface area contributed by atoms with Crippen LogP contribution in [0.2, 0.25) is 0 Å². The molecule has 3 rings (SSSR count). The number of hydrogen-bond donors (Lipinski definition) is 2. The number of aryl methyl sites for hydroxylation is 1. The molecular weight excluding hydrogens is 504 g/mol. The van der Waals surface area contributed by atoms with Crippen LogP contribution in [-0.2, 0) is 6.54 Å². The number of hydrogen-bond acceptors (Lipinski definition) is 4. The number of benzene rings is 1. The van der Waals surface area contributed by atoms with Crippen LogP contribution in [0.4, 0.5) is 5.69 Å². The molecule has 0 atom stereocenters. The Kier molecular flexibility index (Phi) is 9.22. The van der Waals surface area contributed by atoms with Gasteiger partial charge in [-0.05, 0) is 95.8 Å². The summed E-state index contributed by atoms with van der Waals surface area (Å²) in [5.74, 6) is 0.0370. The molecule has 0 spiro atoms. The fourth-order valence-electron chi connectivity index (χ4n) is 5.41. The second-order valence-corrected chi connectivity index (χ2v) is 11.3. The van der Waals surface area contributed by atoms with Gasteiger partial charge in [0.25, 0.3) is 11.5 Å². The Morgan fingerprint density at radius 2 is 1.74 bits per heavy atom. The van der Waals surface area contributed by atoms with Crippen LogP contribution in [0.25, 0.3) is 0 Å². The molecule has 1 heterocycles. The fraction of sp³-hybridized carbons (Fsp3) is 0.571. The monoisotopic (exact) mass is 544 g/mol. The van der Waals surface area contributed by atoms with Gasteiger partial charge in [-0.15, -0.1) is 0 Å². The standard InChI is InChI=1S/C28H41BrN4O2/c1-8-33(22-11-9-21(10-12-22)32(6)7)26-15-20(29)14-24(19(26)5)27(34)30-16-25-23(17(2)3)13-18(4)31-28(25)35/h13-15,17,21-22H,8-12,16H2,1-7H3,(H,30,34)(H,31,35). The molecule has 0 unspecified atom stereocenters. The zero-order valence-electron chi connectivity index (χ0n) is 22.3. The molecule has 1 aliphatic carbocycles. The normalized spacial score (nSPS) is 18.2. The number of aromatic nitrogens is 1. The van der Waals surface area contributed by atoms with Gasteiger partial charge in [-0.3, -0.25) is 9.59 Å². The molecule has 1 aromatic carbocycles. The third kappa shape index (κ3) is 6.36. The molecule has 0 saturated heterocycles. The summed E-state index contributed by atoms with van der Waals surface area (Å²) in [7, 11) is 4.33. The summed E-state index contributed by atoms with van der Waals surface area (Å²) < 4.78 is 0.889. The lowest BCUT2D eigenvalue weighted by Gasteiger charge is -2.40. The van der Waals surface area contributed by atoms with E-state index in [2.05, 4.69) is 77.0 Å². The van der Waals surface area contributed by atoms with E-state index < -0.39 is 0 Å². The van der Waals surface area contributed by atoms with Crippen LogP contribution < -0.4 is 15.8 Å². The fourth-order valence-corrected chi connectivity index (χ4v) is 5.86. The highest BCUT2D eigenvalue weighted by Gasteiger charge is 2.28. The summed E-state index contributed by atoms with van der Waals surface area (Å²) in [6.45, 7) is 11.3. The maximum atomic E-state index is 13.3. The molecule has 0 radical (unpaired) electrons. The number of halogens is 1. The summed E-state index contributed by atoms with van der Waals surface area (Å²) in [5.41, 5.74) is 5.03. The largest absolute Gasteiger partial charge is 0.369 e. The van der Waals surface area contributed by atoms with Crippen molar-refractivity contribution in [2.75, 3.05) is 25.5 Å². The number of H-pyrrole nitrogens is 1. The van der Waals surface area contributed by atoms with E-state index in [1.165, 1.54) is 12.8 Å². The smallest absolute Gasteiger partial charge is 0.253 e. The van der Waals surface area contributed by atoms with Gasteiger partial charge in [-0.25, -0.2) is 0 Å². The van der Waals surface area contributed by atoms with Crippen molar-refractivity contribution in [3.05, 3.63) is 61.0 Å². The Hall–Kier alpha value is -2.12. The van der Waals surface area contributed by atoms with E-state index >= 15 is 0 Å². The topological polar surface area (TPSA) is 68.4 Å². The van der Waals surface area contributed by atoms with E-state index in [0.717, 1.165) is 46.4 Å². The first-order valence-electron chi connectivity index (χ1n) is 12.8. The molecule has 1 aliphatic rings. The SMILES string of the molecule is CCN(c1cc(Br)cc(C(=O)NCc2c(C(C)C)cc(C)[nH]c2=O)c1C)C1CCC(N(C)C)CC1. The average molecular weight is 546 g/mol. The summed E-state index contributed by atoms with van der Waals surface area (Å²) in [5, 5.41) is 3.02. The summed E-state index contributed by atoms with van der Waals surface area (Å²) >= 11 is 3.64. The predicted octanol–water partition coefficient (Wildman–Crippen LogP) is 5.51. The molecule has 2 N–H and O–H groups in total. The minimum atomic E-state index is -0.160. The van der Waals surface area contributed by atoms with E-state index in [1.54, 1.807) is 0 Å². The van der Waals surface area contributed by atoms with E-state index in [4.69, 9.17) is 0 Å². The lowest BCUT2D eigenvalue weighted by Crippen LogP contribution is -2.42. The maximum Gasteiger partial charge on any atom is 0.253 e. The zero-order valence-corrected chi connectivity index (χ0v) is 23.9. The Morgan fingerprint density at radius 3 is 2.31 bits per heavy atom. The molecule has 7 heteroatoms. The van der Waals surface area contributed by atoms with E-state index in [9.17, 15) is 9.59 Å². The van der Waals surface area contributed by atoms with Crippen LogP contribution in [0.3, 0.4) is 0 Å². The first-order chi connectivity index (χ1) is 16.5. The average Bonchev–Trinajstić information content (AvgIpc) is 2.80. The zero-order chi connectivity index (χ0) is 25.9. The van der Waals surface area contributed by atoms with Gasteiger partial charge in [0.15, 0.2) is 0 Å². The molecule has 6 nitrogen and oxygen atoms in total. The third-order valence-electron chi connectivity index (χ3n) is 7.43. The maximum absolute atomic E-state index is 13.3. The number of rotatable bonds is 8. The van der Waals surface area contributed by atoms with Crippen molar-refractivity contribution in [1.82, 2.24) is 15.2 Å². The first kappa shape index (κ1) is 27.5. The minimum absolute atomic E-state index is 0.133. The van der Waals surface area contributed by atoms with Crippen LogP contribution in [0, 0.1) is 13.8 Å². The van der Waals surface area contributed by atoms with Crippen LogP contribution >= 0.6 is 15.9 Å². The van der Waals surface area contributed by atoms with Gasteiger partial charge in [-0.1, -0.05) is 29.8 Å². The number of carbonyl (C=O) groups excluding carboxylic acids is 1. The van der Waals surface area contributed by atoms with E-state index in [-0.39, 0.29) is 23.9 Å². The van der Waals surface area contributed by atoms with Gasteiger partial charge < -0.3 is 20.1 Å². The van der Waals surface area contributed by atoms with Gasteiger partial charge in [0.1, 0.15) is 0 Å². The van der Waals surface area contributed by atoms with Crippen molar-refractivity contribution in [1.29, 1.82) is 0 Å². The van der Waals surface area contributed by atoms with Crippen LogP contribution in [0.5, 0.6) is 0 Å². The highest BCUT2D eigenvalue weighted by molar-refractivity contribution is 9.10. The predicted molar refractivity (Wildman–Crippen MR) is 149 cm³/mol. The number of aromatic amines is 1. The van der Waals surface area contributed by atoms with Gasteiger partial charge in [-0.2, -0.15) is 0 Å². The molecule has 192 valence electrons. The molecule has 1 amide bonds. The molecule has 0 bridgehead atoms. The second-order valence-electron chi connectivity index (χ2n) is 10.4. The van der Waals surface area contributed by atoms with Crippen molar-refractivity contribution in [3.63, 3.8) is 0 Å². The van der Waals surface area contributed by atoms with Crippen molar-refractivity contribution >= 4 is 27.5 Å². The molecule has 1 saturated carbocycles. The molecule has 1 fully saturated rings. The van der Waals surface area contributed by atoms with Crippen molar-refractivity contribution in [3.8, 4) is 0 Å². The third-order valence-corrected chi connectivity index (χ3v) is 7.89. The first-order valence-corrected chi connectivity index (χ1v) is 13.6. The lowest BCUT2D eigenvalue weighted by molar-refractivity contribution is 0.0950. The number of anilines is 1. The van der Waals surface area contributed by atoms with Gasteiger partial charge in [0.05, 0.1) is 0 Å². The molecule has 2 aromatic rings. The van der Waals surface area contributed by atoms with Gasteiger partial charge in [0.2, 0.25) is 0 Å². The number of carbonyl (C=O) groups is 1. The number of nitrogens with one attached hydrogen (secondary N) is 2. The second kappa shape index (κ2) is 11.7. The Bertz CT molecular complexity index is 1100. The van der Waals surface area contributed by atoms with Crippen molar-refractivity contribution < 1.29 is 4.79 Å². The minimum Gasteiger partial charge on any atom is -0.369 e. The molecule has 1 aromatic heterocycles. The summed E-state index contributed by atoms with van der Waals surface area (Å²) in [6, 6.07) is 7.14. The molecular formula is C28H41BrN4O2. The Labute approximate surface area is 218 Å². The Morgan fingerprint density at radius 1 is 1.11 bits per heavy atom. The number of amides is 1. The molecule has 35 heavy (non-hydrogen) atoms. The molecule has 0 aliphatic heterocycles. The van der Waals surface area contributed by atoms with Crippen molar-refractivity contribution in [2.45, 2.75) is 84.8 Å². The van der Waals surface area contributed by atoms with Crippen molar-refractivity contribution in [2.24, 2.45) is 0 Å². The van der Waals surface area contributed by atoms with Crippen LogP contribution in [0.15, 0.2) is 27.5 Å². The quantitative estimate of drug-likeness (QED) is 0.459. The summed E-state index contributed by atoms with van der Waals surface area (Å²) in [4.78, 5) is 33.6. The lowest BCUT2D eigenvalue weighted by atomic mass is 9.89. The van der Waals surface area contributed by atoms with E-state index in [0.29, 0.717) is 23.2 Å². The van der Waals surface area contributed by atoms with Gasteiger partial charge in [0, 0.05) is 52.2 Å². The van der Waals surface area contributed by atoms with E-state index in [1.807, 2.05) is 26.0 Å². The number of pyridine rings is 1. The highest BCUT2D eigenvalue weighted by Crippen LogP contribution is 2.34. The Balaban J connectivity index is 1.84.